The van der Waals surface area contributed by atoms with Crippen LogP contribution in [0.3, 0.4) is 0 Å². The average molecular weight is 367 g/mol. The molecule has 0 radical (unpaired) electrons. The number of nitrogens with zero attached hydrogens (tertiary/aromatic N) is 3. The van der Waals surface area contributed by atoms with E-state index in [0.717, 1.165) is 36.1 Å². The fourth-order valence-electron chi connectivity index (χ4n) is 2.44. The van der Waals surface area contributed by atoms with E-state index >= 15 is 0 Å². The van der Waals surface area contributed by atoms with E-state index in [1.807, 2.05) is 16.5 Å². The van der Waals surface area contributed by atoms with Crippen LogP contribution < -0.4 is 5.32 Å². The van der Waals surface area contributed by atoms with Crippen LogP contribution in [0.2, 0.25) is 0 Å². The van der Waals surface area contributed by atoms with E-state index in [1.165, 1.54) is 5.01 Å². The highest BCUT2D eigenvalue weighted by Crippen LogP contribution is 2.29. The third-order valence-electron chi connectivity index (χ3n) is 3.60. The van der Waals surface area contributed by atoms with Crippen molar-refractivity contribution in [2.24, 2.45) is 0 Å². The van der Waals surface area contributed by atoms with Crippen LogP contribution in [0, 0.1) is 0 Å². The number of thiazole rings is 1. The third kappa shape index (κ3) is 3.41. The summed E-state index contributed by atoms with van der Waals surface area (Å²) in [5.74, 6) is 0.488. The molecule has 1 N–H and O–H groups in total. The van der Waals surface area contributed by atoms with Crippen LogP contribution in [0.25, 0.3) is 0 Å². The molecule has 1 saturated heterocycles. The smallest absolute Gasteiger partial charge is 0.321 e. The zero-order chi connectivity index (χ0) is 14.7. The maximum Gasteiger partial charge on any atom is 0.321 e. The summed E-state index contributed by atoms with van der Waals surface area (Å²) in [4.78, 5) is 22.5. The molecule has 7 heteroatoms. The Labute approximate surface area is 135 Å². The second-order valence-corrected chi connectivity index (χ2v) is 6.70. The van der Waals surface area contributed by atoms with Gasteiger partial charge in [0, 0.05) is 43.0 Å². The number of hydrogen-bond acceptors (Lipinski definition) is 4. The molecular weight excluding hydrogens is 352 g/mol. The Balaban J connectivity index is 1.57. The Kier molecular flexibility index (Phi) is 4.50. The summed E-state index contributed by atoms with van der Waals surface area (Å²) >= 11 is 5.08. The highest BCUT2D eigenvalue weighted by atomic mass is 79.9. The van der Waals surface area contributed by atoms with Gasteiger partial charge < -0.3 is 10.2 Å². The molecule has 3 heterocycles. The van der Waals surface area contributed by atoms with Gasteiger partial charge in [0.25, 0.3) is 0 Å². The Hall–Kier alpha value is -1.47. The van der Waals surface area contributed by atoms with Crippen LogP contribution in [-0.4, -0.2) is 34.0 Å². The average Bonchev–Trinajstić information content (AvgIpc) is 3.04. The van der Waals surface area contributed by atoms with E-state index in [2.05, 4.69) is 31.2 Å². The van der Waals surface area contributed by atoms with Gasteiger partial charge in [-0.2, -0.15) is 0 Å². The van der Waals surface area contributed by atoms with Gasteiger partial charge in [-0.3, -0.25) is 4.98 Å². The summed E-state index contributed by atoms with van der Waals surface area (Å²) in [5.41, 5.74) is 0.747. The molecule has 1 aliphatic heterocycles. The number of carbonyl (C=O) groups excluding carboxylic acids is 1. The highest BCUT2D eigenvalue weighted by molar-refractivity contribution is 9.10. The van der Waals surface area contributed by atoms with Crippen molar-refractivity contribution in [3.05, 3.63) is 39.5 Å². The second kappa shape index (κ2) is 6.53. The van der Waals surface area contributed by atoms with E-state index in [1.54, 1.807) is 29.8 Å². The predicted molar refractivity (Wildman–Crippen MR) is 86.6 cm³/mol. The summed E-state index contributed by atoms with van der Waals surface area (Å²) in [5, 5.41) is 6.11. The molecule has 5 nitrogen and oxygen atoms in total. The molecule has 0 unspecified atom stereocenters. The number of urea groups is 1. The zero-order valence-electron chi connectivity index (χ0n) is 11.3. The van der Waals surface area contributed by atoms with Gasteiger partial charge in [0.15, 0.2) is 0 Å². The fourth-order valence-corrected chi connectivity index (χ4v) is 3.60. The van der Waals surface area contributed by atoms with E-state index in [-0.39, 0.29) is 6.03 Å². The van der Waals surface area contributed by atoms with Crippen molar-refractivity contribution in [3.63, 3.8) is 0 Å². The monoisotopic (exact) mass is 366 g/mol. The Morgan fingerprint density at radius 2 is 2.19 bits per heavy atom. The molecule has 2 aromatic heterocycles. The number of halogens is 1. The van der Waals surface area contributed by atoms with Gasteiger partial charge in [-0.25, -0.2) is 9.78 Å². The van der Waals surface area contributed by atoms with Crippen LogP contribution in [0.15, 0.2) is 34.5 Å². The fraction of sp³-hybridized carbons (Fsp3) is 0.357. The molecule has 2 amide bonds. The minimum Gasteiger partial charge on any atom is -0.324 e. The first-order valence-corrected chi connectivity index (χ1v) is 8.46. The van der Waals surface area contributed by atoms with Crippen molar-refractivity contribution in [3.8, 4) is 0 Å². The molecule has 0 aromatic carbocycles. The van der Waals surface area contributed by atoms with Crippen LogP contribution in [-0.2, 0) is 0 Å². The van der Waals surface area contributed by atoms with Crippen LogP contribution in [0.1, 0.15) is 23.8 Å². The molecule has 0 aliphatic carbocycles. The standard InChI is InChI=1S/C14H15BrN4OS/c15-11-9-16-4-1-12(11)18-14(20)19-6-2-10(3-7-19)13-17-5-8-21-13/h1,4-5,8-10H,2-3,6-7H2,(H,16,18,20). The van der Waals surface area contributed by atoms with Gasteiger partial charge in [-0.05, 0) is 34.8 Å². The Morgan fingerprint density at radius 1 is 1.38 bits per heavy atom. The minimum atomic E-state index is -0.0560. The number of carbonyl (C=O) groups is 1. The quantitative estimate of drug-likeness (QED) is 0.880. The van der Waals surface area contributed by atoms with Crippen LogP contribution in [0.4, 0.5) is 10.5 Å². The number of hydrogen-bond donors (Lipinski definition) is 1. The Morgan fingerprint density at radius 3 is 2.86 bits per heavy atom. The van der Waals surface area contributed by atoms with Crippen molar-refractivity contribution in [2.45, 2.75) is 18.8 Å². The lowest BCUT2D eigenvalue weighted by atomic mass is 9.98. The van der Waals surface area contributed by atoms with E-state index in [4.69, 9.17) is 0 Å². The first-order chi connectivity index (χ1) is 10.2. The molecule has 0 bridgehead atoms. The van der Waals surface area contributed by atoms with Crippen molar-refractivity contribution in [1.29, 1.82) is 0 Å². The van der Waals surface area contributed by atoms with Gasteiger partial charge >= 0.3 is 6.03 Å². The highest BCUT2D eigenvalue weighted by Gasteiger charge is 2.25. The van der Waals surface area contributed by atoms with E-state index < -0.39 is 0 Å². The summed E-state index contributed by atoms with van der Waals surface area (Å²) < 4.78 is 0.788. The SMILES string of the molecule is O=C(Nc1ccncc1Br)N1CCC(c2nccs2)CC1. The molecule has 0 saturated carbocycles. The Bertz CT molecular complexity index is 611. The topological polar surface area (TPSA) is 58.1 Å². The van der Waals surface area contributed by atoms with Crippen LogP contribution >= 0.6 is 27.3 Å². The molecule has 3 rings (SSSR count). The summed E-state index contributed by atoms with van der Waals surface area (Å²) in [6, 6.07) is 1.73. The lowest BCUT2D eigenvalue weighted by Gasteiger charge is -2.31. The lowest BCUT2D eigenvalue weighted by Crippen LogP contribution is -2.40. The van der Waals surface area contributed by atoms with Crippen molar-refractivity contribution >= 4 is 39.0 Å². The zero-order valence-corrected chi connectivity index (χ0v) is 13.7. The lowest BCUT2D eigenvalue weighted by molar-refractivity contribution is 0.194. The number of piperidine rings is 1. The maximum atomic E-state index is 12.3. The number of amides is 2. The number of aromatic nitrogens is 2. The van der Waals surface area contributed by atoms with Crippen molar-refractivity contribution in [2.75, 3.05) is 18.4 Å². The molecule has 0 atom stereocenters. The largest absolute Gasteiger partial charge is 0.324 e. The van der Waals surface area contributed by atoms with Gasteiger partial charge in [-0.15, -0.1) is 11.3 Å². The molecule has 110 valence electrons. The number of likely N-dealkylation sites (tertiary alicyclic amines) is 1. The van der Waals surface area contributed by atoms with Crippen molar-refractivity contribution < 1.29 is 4.79 Å². The third-order valence-corrected chi connectivity index (χ3v) is 5.17. The van der Waals surface area contributed by atoms with Gasteiger partial charge in [0.05, 0.1) is 15.2 Å². The van der Waals surface area contributed by atoms with E-state index in [9.17, 15) is 4.79 Å². The van der Waals surface area contributed by atoms with Crippen molar-refractivity contribution in [1.82, 2.24) is 14.9 Å². The predicted octanol–water partition coefficient (Wildman–Crippen LogP) is 3.71. The molecule has 1 fully saturated rings. The summed E-state index contributed by atoms with van der Waals surface area (Å²) in [6.07, 6.45) is 7.12. The molecule has 0 spiro atoms. The molecule has 2 aromatic rings. The summed E-state index contributed by atoms with van der Waals surface area (Å²) in [6.45, 7) is 1.53. The first-order valence-electron chi connectivity index (χ1n) is 6.79. The first kappa shape index (κ1) is 14.5. The minimum absolute atomic E-state index is 0.0560. The van der Waals surface area contributed by atoms with Gasteiger partial charge in [0.1, 0.15) is 0 Å². The number of pyridine rings is 1. The normalized spacial score (nSPS) is 16.0. The molecular formula is C14H15BrN4OS. The van der Waals surface area contributed by atoms with Gasteiger partial charge in [0.2, 0.25) is 0 Å². The maximum absolute atomic E-state index is 12.3. The second-order valence-electron chi connectivity index (χ2n) is 4.92. The van der Waals surface area contributed by atoms with Gasteiger partial charge in [-0.1, -0.05) is 0 Å². The number of nitrogens with one attached hydrogen (secondary N) is 1. The molecule has 21 heavy (non-hydrogen) atoms. The number of rotatable bonds is 2. The van der Waals surface area contributed by atoms with E-state index in [0.29, 0.717) is 5.92 Å². The number of anilines is 1. The summed E-state index contributed by atoms with van der Waals surface area (Å²) in [7, 11) is 0. The van der Waals surface area contributed by atoms with Crippen LogP contribution in [0.5, 0.6) is 0 Å². The molecule has 1 aliphatic rings.